The molecule has 0 radical (unpaired) electrons. The summed E-state index contributed by atoms with van der Waals surface area (Å²) in [4.78, 5) is 11.7. The summed E-state index contributed by atoms with van der Waals surface area (Å²) in [5, 5.41) is 0. The molecular formula is C19H26O2. The molecule has 0 aromatic rings. The molecule has 4 aliphatic carbocycles. The number of ether oxygens (including phenoxy) is 1. The van der Waals surface area contributed by atoms with Crippen LogP contribution in [-0.4, -0.2) is 12.1 Å². The van der Waals surface area contributed by atoms with Crippen molar-refractivity contribution < 1.29 is 9.53 Å². The first-order valence-corrected chi connectivity index (χ1v) is 8.74. The number of carbonyl (C=O) groups is 1. The van der Waals surface area contributed by atoms with E-state index in [1.807, 2.05) is 0 Å². The van der Waals surface area contributed by atoms with Crippen LogP contribution in [0.4, 0.5) is 0 Å². The number of hydrogen-bond acceptors (Lipinski definition) is 2. The van der Waals surface area contributed by atoms with Crippen molar-refractivity contribution in [3.8, 4) is 0 Å². The number of esters is 1. The Morgan fingerprint density at radius 1 is 1.29 bits per heavy atom. The minimum atomic E-state index is -0.236. The zero-order valence-electron chi connectivity index (χ0n) is 12.9. The van der Waals surface area contributed by atoms with Gasteiger partial charge in [-0.3, -0.25) is 0 Å². The van der Waals surface area contributed by atoms with E-state index in [2.05, 4.69) is 25.7 Å². The molecule has 0 amide bonds. The highest BCUT2D eigenvalue weighted by atomic mass is 16.5. The maximum absolute atomic E-state index is 11.7. The standard InChI is InChI=1S/C19H26O2/c1-3-5-16(21-17(20)4-2)14-9-13-10-15(14)19-12-7-6-11(8-12)18(13)19/h4,6-7,11-16,18-19H,2-3,5,8-10H2,1H3. The lowest BCUT2D eigenvalue weighted by atomic mass is 9.67. The fraction of sp³-hybridized carbons (Fsp3) is 0.737. The van der Waals surface area contributed by atoms with Crippen LogP contribution in [0.3, 0.4) is 0 Å². The highest BCUT2D eigenvalue weighted by Gasteiger charge is 2.62. The van der Waals surface area contributed by atoms with Gasteiger partial charge < -0.3 is 4.74 Å². The third kappa shape index (κ3) is 1.94. The Morgan fingerprint density at radius 2 is 2.05 bits per heavy atom. The van der Waals surface area contributed by atoms with E-state index in [0.717, 1.165) is 48.3 Å². The summed E-state index contributed by atoms with van der Waals surface area (Å²) in [6, 6.07) is 0. The predicted octanol–water partition coefficient (Wildman–Crippen LogP) is 3.98. The van der Waals surface area contributed by atoms with Gasteiger partial charge in [0.2, 0.25) is 0 Å². The van der Waals surface area contributed by atoms with Gasteiger partial charge in [0.05, 0.1) is 0 Å². The summed E-state index contributed by atoms with van der Waals surface area (Å²) in [6.45, 7) is 5.73. The van der Waals surface area contributed by atoms with E-state index >= 15 is 0 Å². The monoisotopic (exact) mass is 286 g/mol. The Balaban J connectivity index is 1.53. The van der Waals surface area contributed by atoms with Crippen molar-refractivity contribution in [1.29, 1.82) is 0 Å². The van der Waals surface area contributed by atoms with Crippen molar-refractivity contribution in [3.05, 3.63) is 24.8 Å². The molecule has 0 saturated heterocycles. The van der Waals surface area contributed by atoms with Crippen molar-refractivity contribution in [2.24, 2.45) is 41.4 Å². The first-order valence-electron chi connectivity index (χ1n) is 8.74. The zero-order valence-corrected chi connectivity index (χ0v) is 12.9. The van der Waals surface area contributed by atoms with Crippen LogP contribution in [0.2, 0.25) is 0 Å². The SMILES string of the molecule is C=CC(=O)OC(CCC)C1CC2CC1C1C3C=CC(C3)C21. The molecule has 3 fully saturated rings. The molecule has 0 aliphatic heterocycles. The average Bonchev–Trinajstić information content (AvgIpc) is 3.23. The van der Waals surface area contributed by atoms with Gasteiger partial charge in [-0.05, 0) is 67.1 Å². The predicted molar refractivity (Wildman–Crippen MR) is 82.4 cm³/mol. The summed E-state index contributed by atoms with van der Waals surface area (Å²) in [5.41, 5.74) is 0. The van der Waals surface area contributed by atoms with Gasteiger partial charge in [-0.25, -0.2) is 4.79 Å². The second-order valence-electron chi connectivity index (χ2n) is 7.63. The van der Waals surface area contributed by atoms with E-state index in [-0.39, 0.29) is 12.1 Å². The largest absolute Gasteiger partial charge is 0.459 e. The van der Waals surface area contributed by atoms with Gasteiger partial charge in [0.25, 0.3) is 0 Å². The summed E-state index contributed by atoms with van der Waals surface area (Å²) >= 11 is 0. The first-order chi connectivity index (χ1) is 10.2. The van der Waals surface area contributed by atoms with Crippen LogP contribution in [0.25, 0.3) is 0 Å². The Bertz CT molecular complexity index is 480. The topological polar surface area (TPSA) is 26.3 Å². The van der Waals surface area contributed by atoms with Gasteiger partial charge in [0.15, 0.2) is 0 Å². The van der Waals surface area contributed by atoms with E-state index in [0.29, 0.717) is 5.92 Å². The molecule has 114 valence electrons. The van der Waals surface area contributed by atoms with Gasteiger partial charge in [-0.15, -0.1) is 0 Å². The molecule has 0 heterocycles. The van der Waals surface area contributed by atoms with Crippen LogP contribution in [0.5, 0.6) is 0 Å². The molecule has 4 rings (SSSR count). The van der Waals surface area contributed by atoms with Crippen molar-refractivity contribution in [1.82, 2.24) is 0 Å². The van der Waals surface area contributed by atoms with Gasteiger partial charge in [-0.1, -0.05) is 32.1 Å². The van der Waals surface area contributed by atoms with Crippen LogP contribution < -0.4 is 0 Å². The number of hydrogen-bond donors (Lipinski definition) is 0. The average molecular weight is 286 g/mol. The molecule has 21 heavy (non-hydrogen) atoms. The van der Waals surface area contributed by atoms with Crippen LogP contribution in [0.1, 0.15) is 39.0 Å². The second kappa shape index (κ2) is 5.00. The number of fused-ring (bicyclic) bond motifs is 9. The smallest absolute Gasteiger partial charge is 0.330 e. The molecule has 0 spiro atoms. The molecule has 0 N–H and O–H groups in total. The molecule has 8 unspecified atom stereocenters. The lowest BCUT2D eigenvalue weighted by Gasteiger charge is -2.39. The summed E-state index contributed by atoms with van der Waals surface area (Å²) < 4.78 is 5.73. The van der Waals surface area contributed by atoms with E-state index in [4.69, 9.17) is 4.74 Å². The Kier molecular flexibility index (Phi) is 3.24. The highest BCUT2D eigenvalue weighted by molar-refractivity contribution is 5.81. The molecule has 3 saturated carbocycles. The van der Waals surface area contributed by atoms with E-state index in [1.54, 1.807) is 0 Å². The normalized spacial score (nSPS) is 46.6. The number of allylic oxidation sites excluding steroid dienone is 2. The van der Waals surface area contributed by atoms with Crippen molar-refractivity contribution in [2.45, 2.75) is 45.1 Å². The molecule has 0 aromatic carbocycles. The van der Waals surface area contributed by atoms with E-state index < -0.39 is 0 Å². The molecule has 2 nitrogen and oxygen atoms in total. The van der Waals surface area contributed by atoms with E-state index in [1.165, 1.54) is 25.3 Å². The van der Waals surface area contributed by atoms with E-state index in [9.17, 15) is 4.79 Å². The summed E-state index contributed by atoms with van der Waals surface area (Å²) in [6.07, 6.45) is 12.6. The van der Waals surface area contributed by atoms with Crippen LogP contribution >= 0.6 is 0 Å². The molecule has 4 aliphatic rings. The van der Waals surface area contributed by atoms with Crippen molar-refractivity contribution in [3.63, 3.8) is 0 Å². The Hall–Kier alpha value is -1.05. The minimum absolute atomic E-state index is 0.125. The second-order valence-corrected chi connectivity index (χ2v) is 7.63. The van der Waals surface area contributed by atoms with Crippen LogP contribution in [0, 0.1) is 41.4 Å². The Labute approximate surface area is 127 Å². The lowest BCUT2D eigenvalue weighted by Crippen LogP contribution is -2.38. The van der Waals surface area contributed by atoms with Crippen LogP contribution in [0.15, 0.2) is 24.8 Å². The van der Waals surface area contributed by atoms with Crippen LogP contribution in [-0.2, 0) is 9.53 Å². The van der Waals surface area contributed by atoms with Crippen molar-refractivity contribution in [2.75, 3.05) is 0 Å². The maximum Gasteiger partial charge on any atom is 0.330 e. The maximum atomic E-state index is 11.7. The fourth-order valence-corrected chi connectivity index (χ4v) is 6.34. The van der Waals surface area contributed by atoms with Crippen molar-refractivity contribution >= 4 is 5.97 Å². The lowest BCUT2D eigenvalue weighted by molar-refractivity contribution is -0.148. The molecule has 2 heteroatoms. The molecular weight excluding hydrogens is 260 g/mol. The first kappa shape index (κ1) is 13.6. The zero-order chi connectivity index (χ0) is 14.6. The van der Waals surface area contributed by atoms with Gasteiger partial charge in [-0.2, -0.15) is 0 Å². The molecule has 8 atom stereocenters. The number of carbonyl (C=O) groups excluding carboxylic acids is 1. The third-order valence-corrected chi connectivity index (χ3v) is 6.81. The Morgan fingerprint density at radius 3 is 2.76 bits per heavy atom. The quantitative estimate of drug-likeness (QED) is 0.331. The highest BCUT2D eigenvalue weighted by Crippen LogP contribution is 2.67. The summed E-state index contributed by atoms with van der Waals surface area (Å²) in [7, 11) is 0. The molecule has 0 aromatic heterocycles. The third-order valence-electron chi connectivity index (χ3n) is 6.81. The minimum Gasteiger partial charge on any atom is -0.459 e. The van der Waals surface area contributed by atoms with Gasteiger partial charge in [0, 0.05) is 6.08 Å². The summed E-state index contributed by atoms with van der Waals surface area (Å²) in [5.74, 6) is 5.62. The van der Waals surface area contributed by atoms with Gasteiger partial charge in [0.1, 0.15) is 6.10 Å². The number of rotatable bonds is 5. The fourth-order valence-electron chi connectivity index (χ4n) is 6.34. The molecule has 4 bridgehead atoms. The van der Waals surface area contributed by atoms with Gasteiger partial charge >= 0.3 is 5.97 Å².